The average molecular weight is 281 g/mol. The normalized spacial score (nSPS) is 15.6. The van der Waals surface area contributed by atoms with Gasteiger partial charge in [-0.1, -0.05) is 30.3 Å². The second kappa shape index (κ2) is 6.31. The van der Waals surface area contributed by atoms with E-state index in [-0.39, 0.29) is 5.75 Å². The van der Waals surface area contributed by atoms with Crippen LogP contribution in [0.4, 0.5) is 5.69 Å². The Morgan fingerprint density at radius 3 is 2.24 bits per heavy atom. The second-order valence-electron chi connectivity index (χ2n) is 5.08. The van der Waals surface area contributed by atoms with Crippen LogP contribution in [0.15, 0.2) is 59.7 Å². The Hall–Kier alpha value is -2.49. The first kappa shape index (κ1) is 13.5. The molecule has 4 nitrogen and oxygen atoms in total. The van der Waals surface area contributed by atoms with E-state index in [1.54, 1.807) is 12.3 Å². The molecule has 1 fully saturated rings. The molecule has 3 rings (SSSR count). The predicted octanol–water partition coefficient (Wildman–Crippen LogP) is 2.55. The number of phenols is 1. The van der Waals surface area contributed by atoms with Gasteiger partial charge in [0, 0.05) is 24.3 Å². The Bertz CT molecular complexity index is 604. The van der Waals surface area contributed by atoms with Crippen LogP contribution in [0.3, 0.4) is 0 Å². The number of benzene rings is 2. The average Bonchev–Trinajstić information content (AvgIpc) is 2.55. The SMILES string of the molecule is Oc1ccccc1/C=N\N1CCN(c2ccccc2)CC1. The lowest BCUT2D eigenvalue weighted by Crippen LogP contribution is -2.44. The maximum Gasteiger partial charge on any atom is 0.124 e. The Morgan fingerprint density at radius 1 is 0.857 bits per heavy atom. The van der Waals surface area contributed by atoms with Gasteiger partial charge in [0.05, 0.1) is 19.3 Å². The summed E-state index contributed by atoms with van der Waals surface area (Å²) in [6.45, 7) is 3.70. The zero-order chi connectivity index (χ0) is 14.5. The Kier molecular flexibility index (Phi) is 4.05. The standard InChI is InChI=1S/C17H19N3O/c21-17-9-5-4-6-15(17)14-18-20-12-10-19(11-13-20)16-7-2-1-3-8-16/h1-9,14,21H,10-13H2/b18-14-. The largest absolute Gasteiger partial charge is 0.507 e. The van der Waals surface area contributed by atoms with Gasteiger partial charge < -0.3 is 10.0 Å². The number of aromatic hydroxyl groups is 1. The number of anilines is 1. The van der Waals surface area contributed by atoms with Crippen molar-refractivity contribution in [2.24, 2.45) is 5.10 Å². The van der Waals surface area contributed by atoms with Crippen molar-refractivity contribution in [1.82, 2.24) is 5.01 Å². The van der Waals surface area contributed by atoms with Crippen LogP contribution < -0.4 is 4.90 Å². The van der Waals surface area contributed by atoms with Gasteiger partial charge in [0.2, 0.25) is 0 Å². The van der Waals surface area contributed by atoms with Crippen LogP contribution in [0.5, 0.6) is 5.75 Å². The van der Waals surface area contributed by atoms with Crippen LogP contribution in [0.1, 0.15) is 5.56 Å². The first-order valence-electron chi connectivity index (χ1n) is 7.20. The first-order chi connectivity index (χ1) is 10.3. The maximum atomic E-state index is 9.71. The van der Waals surface area contributed by atoms with E-state index >= 15 is 0 Å². The quantitative estimate of drug-likeness (QED) is 0.879. The molecule has 0 amide bonds. The van der Waals surface area contributed by atoms with Crippen molar-refractivity contribution in [3.8, 4) is 5.75 Å². The molecule has 0 spiro atoms. The molecule has 0 aromatic heterocycles. The van der Waals surface area contributed by atoms with Crippen LogP contribution >= 0.6 is 0 Å². The molecule has 2 aromatic carbocycles. The summed E-state index contributed by atoms with van der Waals surface area (Å²) in [6, 6.07) is 17.7. The summed E-state index contributed by atoms with van der Waals surface area (Å²) in [5.74, 6) is 0.268. The number of hydrazone groups is 1. The number of nitrogens with zero attached hydrogens (tertiary/aromatic N) is 3. The molecule has 21 heavy (non-hydrogen) atoms. The van der Waals surface area contributed by atoms with Crippen molar-refractivity contribution in [1.29, 1.82) is 0 Å². The smallest absolute Gasteiger partial charge is 0.124 e. The molecule has 108 valence electrons. The molecule has 0 atom stereocenters. The zero-order valence-corrected chi connectivity index (χ0v) is 11.9. The Morgan fingerprint density at radius 2 is 1.52 bits per heavy atom. The van der Waals surface area contributed by atoms with Crippen molar-refractivity contribution in [3.63, 3.8) is 0 Å². The molecule has 4 heteroatoms. The summed E-state index contributed by atoms with van der Waals surface area (Å²) in [4.78, 5) is 2.37. The third-order valence-corrected chi connectivity index (χ3v) is 3.67. The van der Waals surface area contributed by atoms with Crippen molar-refractivity contribution in [3.05, 3.63) is 60.2 Å². The summed E-state index contributed by atoms with van der Waals surface area (Å²) in [5.41, 5.74) is 2.02. The maximum absolute atomic E-state index is 9.71. The van der Waals surface area contributed by atoms with Crippen molar-refractivity contribution in [2.75, 3.05) is 31.1 Å². The highest BCUT2D eigenvalue weighted by Gasteiger charge is 2.15. The van der Waals surface area contributed by atoms with Crippen LogP contribution in [0, 0.1) is 0 Å². The number of hydrogen-bond donors (Lipinski definition) is 1. The molecule has 0 aliphatic carbocycles. The van der Waals surface area contributed by atoms with E-state index in [0.29, 0.717) is 0 Å². The molecule has 0 radical (unpaired) electrons. The van der Waals surface area contributed by atoms with Gasteiger partial charge in [-0.3, -0.25) is 5.01 Å². The number of piperazine rings is 1. The number of para-hydroxylation sites is 2. The van der Waals surface area contributed by atoms with Gasteiger partial charge in [0.15, 0.2) is 0 Å². The van der Waals surface area contributed by atoms with Crippen LogP contribution in [-0.4, -0.2) is 42.5 Å². The molecule has 1 saturated heterocycles. The number of rotatable bonds is 3. The molecule has 0 saturated carbocycles. The van der Waals surface area contributed by atoms with Gasteiger partial charge in [-0.15, -0.1) is 0 Å². The zero-order valence-electron chi connectivity index (χ0n) is 11.9. The topological polar surface area (TPSA) is 39.1 Å². The van der Waals surface area contributed by atoms with Crippen molar-refractivity contribution < 1.29 is 5.11 Å². The Balaban J connectivity index is 1.58. The Labute approximate surface area is 124 Å². The lowest BCUT2D eigenvalue weighted by atomic mass is 10.2. The van der Waals surface area contributed by atoms with Gasteiger partial charge in [-0.25, -0.2) is 0 Å². The van der Waals surface area contributed by atoms with Gasteiger partial charge in [-0.05, 0) is 24.3 Å². The fourth-order valence-electron chi connectivity index (χ4n) is 2.45. The number of hydrogen-bond acceptors (Lipinski definition) is 4. The van der Waals surface area contributed by atoms with Gasteiger partial charge in [0.25, 0.3) is 0 Å². The molecule has 1 N–H and O–H groups in total. The summed E-state index contributed by atoms with van der Waals surface area (Å²) >= 11 is 0. The summed E-state index contributed by atoms with van der Waals surface area (Å²) in [7, 11) is 0. The van der Waals surface area contributed by atoms with Gasteiger partial charge in [0.1, 0.15) is 5.75 Å². The predicted molar refractivity (Wildman–Crippen MR) is 85.9 cm³/mol. The summed E-state index contributed by atoms with van der Waals surface area (Å²) < 4.78 is 0. The van der Waals surface area contributed by atoms with E-state index in [9.17, 15) is 5.11 Å². The monoisotopic (exact) mass is 281 g/mol. The van der Waals surface area contributed by atoms with E-state index < -0.39 is 0 Å². The van der Waals surface area contributed by atoms with E-state index in [4.69, 9.17) is 0 Å². The minimum Gasteiger partial charge on any atom is -0.507 e. The molecule has 1 aliphatic heterocycles. The molecule has 1 heterocycles. The highest BCUT2D eigenvalue weighted by molar-refractivity contribution is 5.82. The fraction of sp³-hybridized carbons (Fsp3) is 0.235. The van der Waals surface area contributed by atoms with Crippen molar-refractivity contribution in [2.45, 2.75) is 0 Å². The first-order valence-corrected chi connectivity index (χ1v) is 7.20. The second-order valence-corrected chi connectivity index (χ2v) is 5.08. The fourth-order valence-corrected chi connectivity index (χ4v) is 2.45. The molecule has 0 unspecified atom stereocenters. The molecular formula is C17H19N3O. The highest BCUT2D eigenvalue weighted by Crippen LogP contribution is 2.16. The lowest BCUT2D eigenvalue weighted by molar-refractivity contribution is 0.272. The summed E-state index contributed by atoms with van der Waals surface area (Å²) in [5, 5.41) is 16.2. The molecular weight excluding hydrogens is 262 g/mol. The van der Waals surface area contributed by atoms with E-state index in [2.05, 4.69) is 34.3 Å². The van der Waals surface area contributed by atoms with E-state index in [1.807, 2.05) is 29.3 Å². The third-order valence-electron chi connectivity index (χ3n) is 3.67. The minimum atomic E-state index is 0.268. The van der Waals surface area contributed by atoms with Crippen LogP contribution in [0.2, 0.25) is 0 Å². The van der Waals surface area contributed by atoms with E-state index in [1.165, 1.54) is 5.69 Å². The number of phenolic OH excluding ortho intramolecular Hbond substituents is 1. The molecule has 1 aliphatic rings. The minimum absolute atomic E-state index is 0.268. The lowest BCUT2D eigenvalue weighted by Gasteiger charge is -2.34. The molecule has 0 bridgehead atoms. The van der Waals surface area contributed by atoms with Gasteiger partial charge in [-0.2, -0.15) is 5.10 Å². The third kappa shape index (κ3) is 3.34. The van der Waals surface area contributed by atoms with E-state index in [0.717, 1.165) is 31.7 Å². The van der Waals surface area contributed by atoms with Crippen LogP contribution in [0.25, 0.3) is 0 Å². The molecule has 2 aromatic rings. The summed E-state index contributed by atoms with van der Waals surface area (Å²) in [6.07, 6.45) is 1.73. The van der Waals surface area contributed by atoms with Crippen molar-refractivity contribution >= 4 is 11.9 Å². The van der Waals surface area contributed by atoms with Gasteiger partial charge >= 0.3 is 0 Å². The van der Waals surface area contributed by atoms with Crippen LogP contribution in [-0.2, 0) is 0 Å². The highest BCUT2D eigenvalue weighted by atomic mass is 16.3.